The number of amides is 2. The molecule has 0 saturated carbocycles. The third-order valence-corrected chi connectivity index (χ3v) is 3.61. The van der Waals surface area contributed by atoms with Crippen LogP contribution in [0.5, 0.6) is 17.2 Å². The molecule has 0 atom stereocenters. The summed E-state index contributed by atoms with van der Waals surface area (Å²) in [4.78, 5) is 23.5. The molecule has 0 saturated heterocycles. The quantitative estimate of drug-likeness (QED) is 0.671. The number of carbonyl (C=O) groups is 2. The second kappa shape index (κ2) is 10.4. The molecule has 0 aromatic heterocycles. The molecule has 0 bridgehead atoms. The third-order valence-electron chi connectivity index (χ3n) is 3.61. The molecule has 1 aromatic carbocycles. The molecule has 0 fully saturated rings. The third kappa shape index (κ3) is 6.91. The number of hydrogen-bond donors (Lipinski definition) is 2. The zero-order chi connectivity index (χ0) is 18.8. The van der Waals surface area contributed by atoms with E-state index in [0.717, 1.165) is 12.0 Å². The fraction of sp³-hybridized carbons (Fsp3) is 0.556. The van der Waals surface area contributed by atoms with Crippen LogP contribution in [0, 0.1) is 5.92 Å². The predicted octanol–water partition coefficient (Wildman–Crippen LogP) is 1.88. The highest BCUT2D eigenvalue weighted by atomic mass is 16.5. The van der Waals surface area contributed by atoms with Crippen molar-refractivity contribution < 1.29 is 23.8 Å². The van der Waals surface area contributed by atoms with E-state index >= 15 is 0 Å². The molecule has 2 amide bonds. The lowest BCUT2D eigenvalue weighted by Crippen LogP contribution is -2.36. The standard InChI is InChI=1S/C18H28N2O5/c1-12(2)6-7-16(21)20-11-17(22)19-10-13-8-14(23-3)18(25-5)15(9-13)24-4/h8-9,12H,6-7,10-11H2,1-5H3,(H,19,22)(H,20,21). The first-order chi connectivity index (χ1) is 11.9. The largest absolute Gasteiger partial charge is 0.493 e. The van der Waals surface area contributed by atoms with Gasteiger partial charge in [0.15, 0.2) is 11.5 Å². The van der Waals surface area contributed by atoms with E-state index < -0.39 is 0 Å². The molecule has 0 aliphatic rings. The van der Waals surface area contributed by atoms with Crippen LogP contribution in [0.2, 0.25) is 0 Å². The topological polar surface area (TPSA) is 85.9 Å². The number of nitrogens with one attached hydrogen (secondary N) is 2. The highest BCUT2D eigenvalue weighted by Crippen LogP contribution is 2.38. The lowest BCUT2D eigenvalue weighted by Gasteiger charge is -2.14. The Morgan fingerprint density at radius 3 is 2.04 bits per heavy atom. The Kier molecular flexibility index (Phi) is 8.60. The SMILES string of the molecule is COc1cc(CNC(=O)CNC(=O)CCC(C)C)cc(OC)c1OC. The summed E-state index contributed by atoms with van der Waals surface area (Å²) >= 11 is 0. The first-order valence-corrected chi connectivity index (χ1v) is 8.23. The molecular weight excluding hydrogens is 324 g/mol. The number of hydrogen-bond acceptors (Lipinski definition) is 5. The maximum Gasteiger partial charge on any atom is 0.239 e. The minimum absolute atomic E-state index is 0.0403. The minimum Gasteiger partial charge on any atom is -0.493 e. The van der Waals surface area contributed by atoms with Gasteiger partial charge in [-0.25, -0.2) is 0 Å². The number of methoxy groups -OCH3 is 3. The molecule has 1 aromatic rings. The van der Waals surface area contributed by atoms with E-state index in [-0.39, 0.29) is 24.9 Å². The molecule has 140 valence electrons. The molecule has 1 rings (SSSR count). The Hall–Kier alpha value is -2.44. The van der Waals surface area contributed by atoms with Crippen LogP contribution in [0.15, 0.2) is 12.1 Å². The van der Waals surface area contributed by atoms with E-state index in [1.807, 2.05) is 0 Å². The van der Waals surface area contributed by atoms with Crippen LogP contribution in [0.3, 0.4) is 0 Å². The second-order valence-electron chi connectivity index (χ2n) is 6.02. The lowest BCUT2D eigenvalue weighted by atomic mass is 10.1. The van der Waals surface area contributed by atoms with Crippen molar-refractivity contribution in [3.8, 4) is 17.2 Å². The molecular formula is C18H28N2O5. The maximum atomic E-state index is 11.9. The van der Waals surface area contributed by atoms with Crippen molar-refractivity contribution in [2.75, 3.05) is 27.9 Å². The normalized spacial score (nSPS) is 10.3. The molecule has 7 nitrogen and oxygen atoms in total. The van der Waals surface area contributed by atoms with Crippen LogP contribution in [-0.4, -0.2) is 39.7 Å². The van der Waals surface area contributed by atoms with E-state index in [1.165, 1.54) is 21.3 Å². The van der Waals surface area contributed by atoms with Gasteiger partial charge in [-0.1, -0.05) is 13.8 Å². The van der Waals surface area contributed by atoms with E-state index in [0.29, 0.717) is 29.6 Å². The van der Waals surface area contributed by atoms with Crippen molar-refractivity contribution in [3.63, 3.8) is 0 Å². The highest BCUT2D eigenvalue weighted by molar-refractivity contribution is 5.84. The molecule has 7 heteroatoms. The molecule has 25 heavy (non-hydrogen) atoms. The number of benzene rings is 1. The fourth-order valence-electron chi connectivity index (χ4n) is 2.19. The molecule has 0 unspecified atom stereocenters. The number of carbonyl (C=O) groups excluding carboxylic acids is 2. The van der Waals surface area contributed by atoms with E-state index in [9.17, 15) is 9.59 Å². The summed E-state index contributed by atoms with van der Waals surface area (Å²) in [6.07, 6.45) is 1.23. The zero-order valence-electron chi connectivity index (χ0n) is 15.6. The summed E-state index contributed by atoms with van der Waals surface area (Å²) in [6.45, 7) is 4.35. The monoisotopic (exact) mass is 352 g/mol. The summed E-state index contributed by atoms with van der Waals surface area (Å²) in [5.74, 6) is 1.63. The van der Waals surface area contributed by atoms with Gasteiger partial charge in [0.25, 0.3) is 0 Å². The first-order valence-electron chi connectivity index (χ1n) is 8.23. The fourth-order valence-corrected chi connectivity index (χ4v) is 2.19. The Morgan fingerprint density at radius 2 is 1.56 bits per heavy atom. The van der Waals surface area contributed by atoms with Crippen LogP contribution < -0.4 is 24.8 Å². The van der Waals surface area contributed by atoms with Gasteiger partial charge >= 0.3 is 0 Å². The second-order valence-corrected chi connectivity index (χ2v) is 6.02. The van der Waals surface area contributed by atoms with Crippen molar-refractivity contribution in [1.29, 1.82) is 0 Å². The molecule has 0 aliphatic carbocycles. The summed E-state index contributed by atoms with van der Waals surface area (Å²) < 4.78 is 15.8. The van der Waals surface area contributed by atoms with Gasteiger partial charge in [-0.2, -0.15) is 0 Å². The van der Waals surface area contributed by atoms with Crippen LogP contribution in [0.4, 0.5) is 0 Å². The van der Waals surface area contributed by atoms with Crippen molar-refractivity contribution in [3.05, 3.63) is 17.7 Å². The smallest absolute Gasteiger partial charge is 0.239 e. The van der Waals surface area contributed by atoms with Gasteiger partial charge in [0.1, 0.15) is 0 Å². The van der Waals surface area contributed by atoms with Gasteiger partial charge < -0.3 is 24.8 Å². The van der Waals surface area contributed by atoms with Crippen LogP contribution in [0.1, 0.15) is 32.3 Å². The van der Waals surface area contributed by atoms with Gasteiger partial charge in [-0.3, -0.25) is 9.59 Å². The molecule has 0 radical (unpaired) electrons. The van der Waals surface area contributed by atoms with Crippen molar-refractivity contribution in [2.45, 2.75) is 33.2 Å². The predicted molar refractivity (Wildman–Crippen MR) is 95.0 cm³/mol. The minimum atomic E-state index is -0.258. The van der Waals surface area contributed by atoms with Gasteiger partial charge in [0.05, 0.1) is 27.9 Å². The van der Waals surface area contributed by atoms with Crippen LogP contribution in [0.25, 0.3) is 0 Å². The Bertz CT molecular complexity index is 562. The van der Waals surface area contributed by atoms with E-state index in [1.54, 1.807) is 12.1 Å². The van der Waals surface area contributed by atoms with E-state index in [4.69, 9.17) is 14.2 Å². The Balaban J connectivity index is 2.54. The zero-order valence-corrected chi connectivity index (χ0v) is 15.6. The summed E-state index contributed by atoms with van der Waals surface area (Å²) in [7, 11) is 4.60. The highest BCUT2D eigenvalue weighted by Gasteiger charge is 2.13. The van der Waals surface area contributed by atoms with Gasteiger partial charge in [0.2, 0.25) is 17.6 Å². The molecule has 0 spiro atoms. The number of ether oxygens (including phenoxy) is 3. The molecule has 0 heterocycles. The van der Waals surface area contributed by atoms with Crippen molar-refractivity contribution >= 4 is 11.8 Å². The first kappa shape index (κ1) is 20.6. The average molecular weight is 352 g/mol. The summed E-state index contributed by atoms with van der Waals surface area (Å²) in [5.41, 5.74) is 0.800. The van der Waals surface area contributed by atoms with Gasteiger partial charge in [-0.05, 0) is 30.0 Å². The van der Waals surface area contributed by atoms with E-state index in [2.05, 4.69) is 24.5 Å². The van der Waals surface area contributed by atoms with Crippen LogP contribution >= 0.6 is 0 Å². The van der Waals surface area contributed by atoms with Crippen LogP contribution in [-0.2, 0) is 16.1 Å². The molecule has 2 N–H and O–H groups in total. The number of rotatable bonds is 10. The average Bonchev–Trinajstić information content (AvgIpc) is 2.61. The van der Waals surface area contributed by atoms with Crippen molar-refractivity contribution in [2.24, 2.45) is 5.92 Å². The Labute approximate surface area is 149 Å². The van der Waals surface area contributed by atoms with Gasteiger partial charge in [-0.15, -0.1) is 0 Å². The summed E-state index contributed by atoms with van der Waals surface area (Å²) in [5, 5.41) is 5.37. The maximum absolute atomic E-state index is 11.9. The molecule has 0 aliphatic heterocycles. The summed E-state index contributed by atoms with van der Waals surface area (Å²) in [6, 6.07) is 3.53. The van der Waals surface area contributed by atoms with Crippen molar-refractivity contribution in [1.82, 2.24) is 10.6 Å². The lowest BCUT2D eigenvalue weighted by molar-refractivity contribution is -0.126. The Morgan fingerprint density at radius 1 is 0.960 bits per heavy atom. The van der Waals surface area contributed by atoms with Gasteiger partial charge in [0, 0.05) is 13.0 Å².